The minimum absolute atomic E-state index is 0.0391. The SMILES string of the molecule is O=C(Nc1ccc2cn[nH]c2c1)c1ccc(Cl)c(S(=O)(=O)N2CCCC2)c1. The van der Waals surface area contributed by atoms with Crippen LogP contribution in [0, 0.1) is 0 Å². The molecule has 0 unspecified atom stereocenters. The van der Waals surface area contributed by atoms with Gasteiger partial charge in [0.1, 0.15) is 4.90 Å². The van der Waals surface area contributed by atoms with Crippen LogP contribution in [-0.4, -0.2) is 41.9 Å². The van der Waals surface area contributed by atoms with E-state index in [1.54, 1.807) is 18.3 Å². The number of nitrogens with zero attached hydrogens (tertiary/aromatic N) is 2. The Morgan fingerprint density at radius 1 is 1.15 bits per heavy atom. The van der Waals surface area contributed by atoms with E-state index < -0.39 is 15.9 Å². The Kier molecular flexibility index (Phi) is 4.63. The molecule has 1 aliphatic heterocycles. The van der Waals surface area contributed by atoms with E-state index in [9.17, 15) is 13.2 Å². The number of aromatic amines is 1. The maximum Gasteiger partial charge on any atom is 0.255 e. The van der Waals surface area contributed by atoms with E-state index in [-0.39, 0.29) is 15.5 Å². The van der Waals surface area contributed by atoms with Crippen molar-refractivity contribution in [3.8, 4) is 0 Å². The number of aromatic nitrogens is 2. The molecular formula is C18H17ClN4O3S. The first-order chi connectivity index (χ1) is 12.9. The van der Waals surface area contributed by atoms with Gasteiger partial charge in [-0.1, -0.05) is 11.6 Å². The van der Waals surface area contributed by atoms with E-state index in [1.165, 1.54) is 22.5 Å². The summed E-state index contributed by atoms with van der Waals surface area (Å²) in [6.45, 7) is 0.943. The molecule has 4 rings (SSSR count). The van der Waals surface area contributed by atoms with Crippen molar-refractivity contribution >= 4 is 44.1 Å². The lowest BCUT2D eigenvalue weighted by Crippen LogP contribution is -2.28. The molecule has 2 aromatic carbocycles. The van der Waals surface area contributed by atoms with E-state index in [0.717, 1.165) is 23.7 Å². The number of carbonyl (C=O) groups excluding carboxylic acids is 1. The molecule has 1 amide bonds. The minimum Gasteiger partial charge on any atom is -0.322 e. The molecular weight excluding hydrogens is 388 g/mol. The topological polar surface area (TPSA) is 95.2 Å². The number of amides is 1. The molecule has 27 heavy (non-hydrogen) atoms. The summed E-state index contributed by atoms with van der Waals surface area (Å²) in [6, 6.07) is 9.64. The lowest BCUT2D eigenvalue weighted by molar-refractivity contribution is 0.102. The van der Waals surface area contributed by atoms with Crippen molar-refractivity contribution in [2.75, 3.05) is 18.4 Å². The van der Waals surface area contributed by atoms with Gasteiger partial charge in [0, 0.05) is 29.7 Å². The van der Waals surface area contributed by atoms with E-state index in [4.69, 9.17) is 11.6 Å². The second-order valence-electron chi connectivity index (χ2n) is 6.38. The Labute approximate surface area is 161 Å². The van der Waals surface area contributed by atoms with Gasteiger partial charge in [-0.3, -0.25) is 9.89 Å². The molecule has 0 aliphatic carbocycles. The van der Waals surface area contributed by atoms with Crippen molar-refractivity contribution in [3.63, 3.8) is 0 Å². The first kappa shape index (κ1) is 18.0. The summed E-state index contributed by atoms with van der Waals surface area (Å²) in [5, 5.41) is 10.6. The van der Waals surface area contributed by atoms with Crippen LogP contribution in [0.4, 0.5) is 5.69 Å². The maximum absolute atomic E-state index is 12.8. The summed E-state index contributed by atoms with van der Waals surface area (Å²) < 4.78 is 27.0. The maximum atomic E-state index is 12.8. The standard InChI is InChI=1S/C18H17ClN4O3S/c19-15-6-4-12(9-17(15)27(25,26)23-7-1-2-8-23)18(24)21-14-5-3-13-11-20-22-16(13)10-14/h3-6,9-11H,1-2,7-8H2,(H,20,22)(H,21,24). The zero-order chi connectivity index (χ0) is 19.0. The predicted octanol–water partition coefficient (Wildman–Crippen LogP) is 3.25. The monoisotopic (exact) mass is 404 g/mol. The Bertz CT molecular complexity index is 1120. The van der Waals surface area contributed by atoms with Gasteiger partial charge in [-0.2, -0.15) is 9.40 Å². The van der Waals surface area contributed by atoms with Crippen LogP contribution < -0.4 is 5.32 Å². The molecule has 2 N–H and O–H groups in total. The first-order valence-corrected chi connectivity index (χ1v) is 10.3. The Balaban J connectivity index is 1.62. The van der Waals surface area contributed by atoms with Crippen LogP contribution in [0.3, 0.4) is 0 Å². The van der Waals surface area contributed by atoms with Crippen molar-refractivity contribution in [2.24, 2.45) is 0 Å². The fourth-order valence-electron chi connectivity index (χ4n) is 3.13. The second-order valence-corrected chi connectivity index (χ2v) is 8.70. The highest BCUT2D eigenvalue weighted by atomic mass is 35.5. The molecule has 1 aliphatic rings. The number of anilines is 1. The normalized spacial score (nSPS) is 15.3. The van der Waals surface area contributed by atoms with Crippen LogP contribution in [0.1, 0.15) is 23.2 Å². The Morgan fingerprint density at radius 2 is 1.93 bits per heavy atom. The predicted molar refractivity (Wildman–Crippen MR) is 103 cm³/mol. The number of halogens is 1. The van der Waals surface area contributed by atoms with Crippen LogP contribution in [0.5, 0.6) is 0 Å². The number of benzene rings is 2. The number of carbonyl (C=O) groups is 1. The van der Waals surface area contributed by atoms with Crippen molar-refractivity contribution in [2.45, 2.75) is 17.7 Å². The van der Waals surface area contributed by atoms with E-state index >= 15 is 0 Å². The summed E-state index contributed by atoms with van der Waals surface area (Å²) in [4.78, 5) is 12.6. The third kappa shape index (κ3) is 3.43. The molecule has 9 heteroatoms. The average Bonchev–Trinajstić information content (AvgIpc) is 3.33. The van der Waals surface area contributed by atoms with Crippen LogP contribution >= 0.6 is 11.6 Å². The molecule has 0 bridgehead atoms. The van der Waals surface area contributed by atoms with E-state index in [2.05, 4.69) is 15.5 Å². The van der Waals surface area contributed by atoms with Gasteiger partial charge in [0.2, 0.25) is 10.0 Å². The Morgan fingerprint density at radius 3 is 2.70 bits per heavy atom. The largest absolute Gasteiger partial charge is 0.322 e. The summed E-state index contributed by atoms with van der Waals surface area (Å²) in [5.41, 5.74) is 1.60. The quantitative estimate of drug-likeness (QED) is 0.697. The summed E-state index contributed by atoms with van der Waals surface area (Å²) in [6.07, 6.45) is 3.34. The molecule has 1 fully saturated rings. The number of hydrogen-bond donors (Lipinski definition) is 2. The molecule has 3 aromatic rings. The molecule has 0 saturated carbocycles. The van der Waals surface area contributed by atoms with Crippen molar-refractivity contribution in [3.05, 3.63) is 53.2 Å². The highest BCUT2D eigenvalue weighted by Crippen LogP contribution is 2.28. The smallest absolute Gasteiger partial charge is 0.255 e. The van der Waals surface area contributed by atoms with Gasteiger partial charge in [-0.15, -0.1) is 0 Å². The molecule has 0 radical (unpaired) electrons. The first-order valence-electron chi connectivity index (χ1n) is 8.49. The molecule has 140 valence electrons. The number of rotatable bonds is 4. The Hall–Kier alpha value is -2.42. The molecule has 2 heterocycles. The number of H-pyrrole nitrogens is 1. The fraction of sp³-hybridized carbons (Fsp3) is 0.222. The molecule has 0 spiro atoms. The average molecular weight is 405 g/mol. The van der Waals surface area contributed by atoms with E-state index in [0.29, 0.717) is 18.8 Å². The van der Waals surface area contributed by atoms with Crippen LogP contribution in [-0.2, 0) is 10.0 Å². The minimum atomic E-state index is -3.71. The van der Waals surface area contributed by atoms with Crippen LogP contribution in [0.15, 0.2) is 47.5 Å². The number of sulfonamides is 1. The summed E-state index contributed by atoms with van der Waals surface area (Å²) in [7, 11) is -3.71. The van der Waals surface area contributed by atoms with Gasteiger partial charge >= 0.3 is 0 Å². The highest BCUT2D eigenvalue weighted by Gasteiger charge is 2.29. The lowest BCUT2D eigenvalue weighted by atomic mass is 10.2. The second kappa shape index (κ2) is 6.95. The third-order valence-electron chi connectivity index (χ3n) is 4.58. The van der Waals surface area contributed by atoms with Crippen LogP contribution in [0.25, 0.3) is 10.9 Å². The molecule has 0 atom stereocenters. The summed E-state index contributed by atoms with van der Waals surface area (Å²) in [5.74, 6) is -0.414. The third-order valence-corrected chi connectivity index (χ3v) is 6.96. The number of nitrogens with one attached hydrogen (secondary N) is 2. The van der Waals surface area contributed by atoms with Gasteiger partial charge < -0.3 is 5.32 Å². The molecule has 1 saturated heterocycles. The van der Waals surface area contributed by atoms with Crippen LogP contribution in [0.2, 0.25) is 5.02 Å². The van der Waals surface area contributed by atoms with Gasteiger partial charge in [0.05, 0.1) is 16.7 Å². The lowest BCUT2D eigenvalue weighted by Gasteiger charge is -2.17. The van der Waals surface area contributed by atoms with Crippen molar-refractivity contribution in [1.29, 1.82) is 0 Å². The number of fused-ring (bicyclic) bond motifs is 1. The zero-order valence-electron chi connectivity index (χ0n) is 14.3. The number of hydrogen-bond acceptors (Lipinski definition) is 4. The zero-order valence-corrected chi connectivity index (χ0v) is 15.8. The van der Waals surface area contributed by atoms with Gasteiger partial charge in [-0.25, -0.2) is 8.42 Å². The van der Waals surface area contributed by atoms with Crippen molar-refractivity contribution < 1.29 is 13.2 Å². The highest BCUT2D eigenvalue weighted by molar-refractivity contribution is 7.89. The fourth-order valence-corrected chi connectivity index (χ4v) is 5.15. The van der Waals surface area contributed by atoms with Crippen molar-refractivity contribution in [1.82, 2.24) is 14.5 Å². The summed E-state index contributed by atoms with van der Waals surface area (Å²) >= 11 is 6.13. The molecule has 7 nitrogen and oxygen atoms in total. The van der Waals surface area contributed by atoms with Gasteiger partial charge in [0.25, 0.3) is 5.91 Å². The van der Waals surface area contributed by atoms with Gasteiger partial charge in [0.15, 0.2) is 0 Å². The van der Waals surface area contributed by atoms with E-state index in [1.807, 2.05) is 6.07 Å². The molecule has 1 aromatic heterocycles. The van der Waals surface area contributed by atoms with Gasteiger partial charge in [-0.05, 0) is 49.2 Å².